The molecule has 1 aromatic heterocycles. The van der Waals surface area contributed by atoms with Crippen molar-refractivity contribution < 1.29 is 18.8 Å². The number of furan rings is 1. The Bertz CT molecular complexity index is 1810. The quantitative estimate of drug-likeness (QED) is 0.242. The highest BCUT2D eigenvalue weighted by Crippen LogP contribution is 2.47. The molecule has 2 aliphatic heterocycles. The molecular weight excluding hydrogens is 550 g/mol. The van der Waals surface area contributed by atoms with Crippen LogP contribution < -0.4 is 10.2 Å². The predicted molar refractivity (Wildman–Crippen MR) is 170 cm³/mol. The van der Waals surface area contributed by atoms with E-state index in [1.54, 1.807) is 36.4 Å². The van der Waals surface area contributed by atoms with E-state index >= 15 is 0 Å². The Morgan fingerprint density at radius 1 is 0.659 bits per heavy atom. The molecule has 218 valence electrons. The first kappa shape index (κ1) is 27.4. The number of hydrogen-bond donors (Lipinski definition) is 1. The fourth-order valence-corrected chi connectivity index (χ4v) is 6.45. The smallest absolute Gasteiger partial charge is 0.291 e. The van der Waals surface area contributed by atoms with Crippen molar-refractivity contribution in [1.29, 1.82) is 0 Å². The van der Waals surface area contributed by atoms with Crippen molar-refractivity contribution in [2.75, 3.05) is 29.9 Å². The summed E-state index contributed by atoms with van der Waals surface area (Å²) in [6, 6.07) is 36.2. The lowest BCUT2D eigenvalue weighted by Gasteiger charge is -2.40. The minimum absolute atomic E-state index is 0.0397. The Balaban J connectivity index is 1.04. The first-order valence-electron chi connectivity index (χ1n) is 14.8. The lowest BCUT2D eigenvalue weighted by molar-refractivity contribution is 0.0670. The second-order valence-electron chi connectivity index (χ2n) is 11.4. The van der Waals surface area contributed by atoms with Gasteiger partial charge in [-0.3, -0.25) is 14.4 Å². The van der Waals surface area contributed by atoms with Crippen molar-refractivity contribution in [2.45, 2.75) is 18.3 Å². The van der Waals surface area contributed by atoms with Gasteiger partial charge in [0.25, 0.3) is 17.7 Å². The first-order chi connectivity index (χ1) is 21.5. The van der Waals surface area contributed by atoms with Crippen LogP contribution in [0.15, 0.2) is 126 Å². The largest absolute Gasteiger partial charge is 0.459 e. The molecule has 0 saturated carbocycles. The molecule has 0 atom stereocenters. The number of piperidine rings is 1. The number of para-hydroxylation sites is 1. The minimum atomic E-state index is -0.349. The van der Waals surface area contributed by atoms with Gasteiger partial charge in [0.05, 0.1) is 6.26 Å². The van der Waals surface area contributed by atoms with Gasteiger partial charge in [0.15, 0.2) is 5.76 Å². The zero-order chi connectivity index (χ0) is 30.1. The molecule has 7 heteroatoms. The number of benzene rings is 4. The molecule has 5 aromatic rings. The van der Waals surface area contributed by atoms with Crippen LogP contribution in [0.2, 0.25) is 0 Å². The summed E-state index contributed by atoms with van der Waals surface area (Å²) in [4.78, 5) is 43.4. The highest BCUT2D eigenvalue weighted by molar-refractivity contribution is 6.08. The molecule has 2 aliphatic rings. The number of rotatable bonds is 5. The first-order valence-corrected chi connectivity index (χ1v) is 14.8. The SMILES string of the molecule is O=C(Nc1ccc(C(=O)N2CC3(CCN(C(=O)c4ccc(-c5ccccc5)cc4)CC3)c3ccccc32)cc1)c1ccco1. The van der Waals surface area contributed by atoms with Crippen LogP contribution in [-0.4, -0.2) is 42.3 Å². The number of likely N-dealkylation sites (tertiary alicyclic amines) is 1. The van der Waals surface area contributed by atoms with E-state index in [1.807, 2.05) is 70.5 Å². The molecule has 44 heavy (non-hydrogen) atoms. The van der Waals surface area contributed by atoms with Crippen LogP contribution in [-0.2, 0) is 5.41 Å². The van der Waals surface area contributed by atoms with Crippen molar-refractivity contribution in [3.8, 4) is 11.1 Å². The zero-order valence-corrected chi connectivity index (χ0v) is 24.1. The van der Waals surface area contributed by atoms with E-state index in [0.717, 1.165) is 35.2 Å². The third-order valence-electron chi connectivity index (χ3n) is 8.85. The van der Waals surface area contributed by atoms with Gasteiger partial charge in [0.1, 0.15) is 0 Å². The average Bonchev–Trinajstić information content (AvgIpc) is 3.73. The van der Waals surface area contributed by atoms with Gasteiger partial charge in [0, 0.05) is 47.6 Å². The maximum atomic E-state index is 13.8. The van der Waals surface area contributed by atoms with Crippen molar-refractivity contribution in [1.82, 2.24) is 4.90 Å². The molecule has 1 fully saturated rings. The van der Waals surface area contributed by atoms with Crippen LogP contribution in [0, 0.1) is 0 Å². The molecule has 0 aliphatic carbocycles. The van der Waals surface area contributed by atoms with E-state index in [9.17, 15) is 14.4 Å². The highest BCUT2D eigenvalue weighted by atomic mass is 16.3. The number of carbonyl (C=O) groups is 3. The van der Waals surface area contributed by atoms with E-state index in [-0.39, 0.29) is 28.9 Å². The Hall–Kier alpha value is -5.43. The fourth-order valence-electron chi connectivity index (χ4n) is 6.45. The molecule has 7 rings (SSSR count). The third kappa shape index (κ3) is 5.07. The summed E-state index contributed by atoms with van der Waals surface area (Å²) in [5.74, 6) is -0.176. The van der Waals surface area contributed by atoms with Crippen molar-refractivity contribution in [3.05, 3.63) is 144 Å². The second kappa shape index (κ2) is 11.3. The summed E-state index contributed by atoms with van der Waals surface area (Å²) in [6.07, 6.45) is 3.00. The van der Waals surface area contributed by atoms with Crippen LogP contribution in [0.4, 0.5) is 11.4 Å². The lowest BCUT2D eigenvalue weighted by Crippen LogP contribution is -2.47. The zero-order valence-electron chi connectivity index (χ0n) is 24.1. The monoisotopic (exact) mass is 581 g/mol. The molecule has 0 radical (unpaired) electrons. The molecule has 7 nitrogen and oxygen atoms in total. The van der Waals surface area contributed by atoms with Gasteiger partial charge in [-0.25, -0.2) is 0 Å². The molecule has 0 bridgehead atoms. The fraction of sp³-hybridized carbons (Fsp3) is 0.162. The summed E-state index contributed by atoms with van der Waals surface area (Å²) < 4.78 is 5.15. The van der Waals surface area contributed by atoms with Crippen molar-refractivity contribution >= 4 is 29.1 Å². The molecule has 1 saturated heterocycles. The van der Waals surface area contributed by atoms with Gasteiger partial charge >= 0.3 is 0 Å². The molecule has 0 unspecified atom stereocenters. The standard InChI is InChI=1S/C37H31N3O4/c41-34(33-11-6-24-44-33)38-30-18-16-29(17-19-30)36(43)40-25-37(31-9-4-5-10-32(31)40)20-22-39(23-21-37)35(42)28-14-12-27(13-15-28)26-7-2-1-3-8-26/h1-19,24H,20-23,25H2,(H,38,41). The Morgan fingerprint density at radius 2 is 1.30 bits per heavy atom. The number of anilines is 2. The van der Waals surface area contributed by atoms with Crippen molar-refractivity contribution in [3.63, 3.8) is 0 Å². The van der Waals surface area contributed by atoms with Gasteiger partial charge in [-0.2, -0.15) is 0 Å². The maximum Gasteiger partial charge on any atom is 0.291 e. The summed E-state index contributed by atoms with van der Waals surface area (Å²) in [6.45, 7) is 1.81. The van der Waals surface area contributed by atoms with Crippen molar-refractivity contribution in [2.24, 2.45) is 0 Å². The Morgan fingerprint density at radius 3 is 2.00 bits per heavy atom. The van der Waals surface area contributed by atoms with Gasteiger partial charge in [-0.1, -0.05) is 60.7 Å². The number of nitrogens with zero attached hydrogens (tertiary/aromatic N) is 2. The van der Waals surface area contributed by atoms with E-state index in [4.69, 9.17) is 4.42 Å². The summed E-state index contributed by atoms with van der Waals surface area (Å²) in [7, 11) is 0. The molecule has 3 heterocycles. The van der Waals surface area contributed by atoms with Crippen LogP contribution in [0.5, 0.6) is 0 Å². The number of fused-ring (bicyclic) bond motifs is 2. The predicted octanol–water partition coefficient (Wildman–Crippen LogP) is 7.03. The molecule has 3 amide bonds. The van der Waals surface area contributed by atoms with Crippen LogP contribution in [0.1, 0.15) is 49.7 Å². The summed E-state index contributed by atoms with van der Waals surface area (Å²) in [5.41, 5.74) is 5.88. The average molecular weight is 582 g/mol. The van der Waals surface area contributed by atoms with E-state index < -0.39 is 0 Å². The Labute approximate surface area is 255 Å². The van der Waals surface area contributed by atoms with Crippen LogP contribution in [0.25, 0.3) is 11.1 Å². The van der Waals surface area contributed by atoms with E-state index in [1.165, 1.54) is 6.26 Å². The second-order valence-corrected chi connectivity index (χ2v) is 11.4. The Kier molecular flexibility index (Phi) is 7.06. The lowest BCUT2D eigenvalue weighted by atomic mass is 9.74. The summed E-state index contributed by atoms with van der Waals surface area (Å²) in [5, 5.41) is 2.79. The molecular formula is C37H31N3O4. The summed E-state index contributed by atoms with van der Waals surface area (Å²) >= 11 is 0. The minimum Gasteiger partial charge on any atom is -0.459 e. The molecule has 4 aromatic carbocycles. The number of hydrogen-bond acceptors (Lipinski definition) is 4. The number of amides is 3. The van der Waals surface area contributed by atoms with Gasteiger partial charge in [-0.15, -0.1) is 0 Å². The van der Waals surface area contributed by atoms with Gasteiger partial charge in [-0.05, 0) is 84.1 Å². The van der Waals surface area contributed by atoms with E-state index in [0.29, 0.717) is 36.4 Å². The van der Waals surface area contributed by atoms with Crippen LogP contribution >= 0.6 is 0 Å². The topological polar surface area (TPSA) is 82.9 Å². The van der Waals surface area contributed by atoms with Gasteiger partial charge < -0.3 is 19.5 Å². The van der Waals surface area contributed by atoms with E-state index in [2.05, 4.69) is 23.5 Å². The number of carbonyl (C=O) groups excluding carboxylic acids is 3. The maximum absolute atomic E-state index is 13.8. The number of nitrogens with one attached hydrogen (secondary N) is 1. The third-order valence-corrected chi connectivity index (χ3v) is 8.85. The highest BCUT2D eigenvalue weighted by Gasteiger charge is 2.46. The van der Waals surface area contributed by atoms with Crippen LogP contribution in [0.3, 0.4) is 0 Å². The normalized spacial score (nSPS) is 15.2. The molecule has 1 N–H and O–H groups in total. The molecule has 1 spiro atoms. The van der Waals surface area contributed by atoms with Gasteiger partial charge in [0.2, 0.25) is 0 Å².